The van der Waals surface area contributed by atoms with Crippen LogP contribution in [0.15, 0.2) is 55.0 Å². The molecule has 8 heteroatoms. The third-order valence-corrected chi connectivity index (χ3v) is 5.58. The van der Waals surface area contributed by atoms with Gasteiger partial charge in [-0.3, -0.25) is 10.1 Å². The van der Waals surface area contributed by atoms with Crippen molar-refractivity contribution in [3.8, 4) is 11.1 Å². The number of nitrogen functional groups attached to an aromatic ring is 1. The zero-order chi connectivity index (χ0) is 21.2. The van der Waals surface area contributed by atoms with Gasteiger partial charge in [-0.15, -0.1) is 0 Å². The van der Waals surface area contributed by atoms with Gasteiger partial charge in [0.05, 0.1) is 48.0 Å². The van der Waals surface area contributed by atoms with Gasteiger partial charge in [0.1, 0.15) is 5.82 Å². The van der Waals surface area contributed by atoms with Gasteiger partial charge in [-0.1, -0.05) is 6.07 Å². The molecule has 0 aliphatic carbocycles. The molecule has 0 bridgehead atoms. The summed E-state index contributed by atoms with van der Waals surface area (Å²) in [4.78, 5) is 11.1. The van der Waals surface area contributed by atoms with E-state index in [1.807, 2.05) is 30.6 Å². The summed E-state index contributed by atoms with van der Waals surface area (Å²) in [7, 11) is 0. The first-order chi connectivity index (χ1) is 15.2. The Morgan fingerprint density at radius 1 is 1.06 bits per heavy atom. The summed E-state index contributed by atoms with van der Waals surface area (Å²) >= 11 is 0. The molecule has 1 fully saturated rings. The Kier molecular flexibility index (Phi) is 5.13. The van der Waals surface area contributed by atoms with Crippen molar-refractivity contribution in [2.24, 2.45) is 0 Å². The number of nitrogens with zero attached hydrogens (tertiary/aromatic N) is 4. The molecule has 158 valence electrons. The number of ether oxygens (including phenoxy) is 1. The summed E-state index contributed by atoms with van der Waals surface area (Å²) in [6.45, 7) is 5.36. The standard InChI is InChI=1S/C23H25N7O/c1-15(27-19-3-5-22(26-14-19)30-6-8-31-9-7-30)23-20-11-16(2-4-21(20)28-29-23)17-10-18(24)13-25-12-17/h2-5,10-15,27H,6-9,24H2,1H3,(H,28,29). The molecule has 1 saturated heterocycles. The Balaban J connectivity index is 1.37. The Morgan fingerprint density at radius 3 is 2.71 bits per heavy atom. The van der Waals surface area contributed by atoms with Crippen molar-refractivity contribution in [3.05, 3.63) is 60.7 Å². The summed E-state index contributed by atoms with van der Waals surface area (Å²) in [5.74, 6) is 0.980. The lowest BCUT2D eigenvalue weighted by molar-refractivity contribution is 0.122. The van der Waals surface area contributed by atoms with E-state index in [2.05, 4.69) is 55.5 Å². The number of fused-ring (bicyclic) bond motifs is 1. The number of aromatic nitrogens is 4. The van der Waals surface area contributed by atoms with Crippen LogP contribution in [0.5, 0.6) is 0 Å². The molecular weight excluding hydrogens is 390 g/mol. The molecule has 3 aromatic heterocycles. The van der Waals surface area contributed by atoms with E-state index < -0.39 is 0 Å². The topological polar surface area (TPSA) is 105 Å². The van der Waals surface area contributed by atoms with Gasteiger partial charge in [0, 0.05) is 36.4 Å². The minimum Gasteiger partial charge on any atom is -0.397 e. The third kappa shape index (κ3) is 4.02. The maximum absolute atomic E-state index is 5.90. The number of anilines is 3. The molecule has 4 aromatic rings. The number of pyridine rings is 2. The highest BCUT2D eigenvalue weighted by Gasteiger charge is 2.15. The van der Waals surface area contributed by atoms with Crippen LogP contribution >= 0.6 is 0 Å². The molecular formula is C23H25N7O. The largest absolute Gasteiger partial charge is 0.397 e. The van der Waals surface area contributed by atoms with Gasteiger partial charge in [0.2, 0.25) is 0 Å². The number of H-pyrrole nitrogens is 1. The second-order valence-electron chi connectivity index (χ2n) is 7.75. The molecule has 1 unspecified atom stereocenters. The van der Waals surface area contributed by atoms with Crippen LogP contribution in [-0.4, -0.2) is 46.5 Å². The molecule has 0 saturated carbocycles. The summed E-state index contributed by atoms with van der Waals surface area (Å²) in [5, 5.41) is 12.3. The van der Waals surface area contributed by atoms with Gasteiger partial charge in [0.25, 0.3) is 0 Å². The fourth-order valence-corrected chi connectivity index (χ4v) is 3.93. The van der Waals surface area contributed by atoms with Crippen LogP contribution in [-0.2, 0) is 4.74 Å². The van der Waals surface area contributed by atoms with E-state index in [0.717, 1.165) is 65.5 Å². The molecule has 5 rings (SSSR count). The molecule has 1 aliphatic heterocycles. The molecule has 0 amide bonds. The fraction of sp³-hybridized carbons (Fsp3) is 0.261. The lowest BCUT2D eigenvalue weighted by atomic mass is 10.0. The Hall–Kier alpha value is -3.65. The maximum Gasteiger partial charge on any atom is 0.128 e. The van der Waals surface area contributed by atoms with Crippen LogP contribution in [0.25, 0.3) is 22.0 Å². The fourth-order valence-electron chi connectivity index (χ4n) is 3.93. The van der Waals surface area contributed by atoms with Gasteiger partial charge in [-0.25, -0.2) is 4.98 Å². The normalized spacial score (nSPS) is 15.2. The predicted molar refractivity (Wildman–Crippen MR) is 123 cm³/mol. The van der Waals surface area contributed by atoms with Crippen LogP contribution < -0.4 is 16.0 Å². The predicted octanol–water partition coefficient (Wildman–Crippen LogP) is 3.61. The van der Waals surface area contributed by atoms with Crippen LogP contribution in [0.4, 0.5) is 17.2 Å². The maximum atomic E-state index is 5.90. The van der Waals surface area contributed by atoms with E-state index in [1.165, 1.54) is 0 Å². The number of nitrogens with two attached hydrogens (primary N) is 1. The second-order valence-corrected chi connectivity index (χ2v) is 7.75. The van der Waals surface area contributed by atoms with Gasteiger partial charge in [-0.05, 0) is 42.8 Å². The van der Waals surface area contributed by atoms with Crippen molar-refractivity contribution in [2.45, 2.75) is 13.0 Å². The van der Waals surface area contributed by atoms with Crippen LogP contribution in [0.2, 0.25) is 0 Å². The van der Waals surface area contributed by atoms with Gasteiger partial charge < -0.3 is 20.7 Å². The van der Waals surface area contributed by atoms with Crippen LogP contribution in [0.3, 0.4) is 0 Å². The molecule has 31 heavy (non-hydrogen) atoms. The lowest BCUT2D eigenvalue weighted by Gasteiger charge is -2.27. The highest BCUT2D eigenvalue weighted by atomic mass is 16.5. The lowest BCUT2D eigenvalue weighted by Crippen LogP contribution is -2.36. The van der Waals surface area contributed by atoms with E-state index in [-0.39, 0.29) is 6.04 Å². The van der Waals surface area contributed by atoms with Crippen molar-refractivity contribution in [3.63, 3.8) is 0 Å². The van der Waals surface area contributed by atoms with Gasteiger partial charge in [0.15, 0.2) is 0 Å². The Labute approximate surface area is 180 Å². The molecule has 0 radical (unpaired) electrons. The molecule has 4 heterocycles. The molecule has 4 N–H and O–H groups in total. The number of hydrogen-bond donors (Lipinski definition) is 3. The summed E-state index contributed by atoms with van der Waals surface area (Å²) in [5.41, 5.74) is 11.5. The average molecular weight is 416 g/mol. The number of morpholine rings is 1. The number of nitrogens with one attached hydrogen (secondary N) is 2. The first kappa shape index (κ1) is 19.3. The van der Waals surface area contributed by atoms with Crippen molar-refractivity contribution in [1.82, 2.24) is 20.2 Å². The van der Waals surface area contributed by atoms with Crippen molar-refractivity contribution < 1.29 is 4.74 Å². The van der Waals surface area contributed by atoms with Crippen molar-refractivity contribution in [2.75, 3.05) is 42.3 Å². The monoisotopic (exact) mass is 415 g/mol. The van der Waals surface area contributed by atoms with Crippen molar-refractivity contribution in [1.29, 1.82) is 0 Å². The first-order valence-electron chi connectivity index (χ1n) is 10.4. The van der Waals surface area contributed by atoms with Crippen LogP contribution in [0, 0.1) is 0 Å². The summed E-state index contributed by atoms with van der Waals surface area (Å²) < 4.78 is 5.42. The third-order valence-electron chi connectivity index (χ3n) is 5.58. The van der Waals surface area contributed by atoms with E-state index in [1.54, 1.807) is 6.20 Å². The quantitative estimate of drug-likeness (QED) is 0.457. The minimum absolute atomic E-state index is 0.0234. The second kappa shape index (κ2) is 8.23. The molecule has 8 nitrogen and oxygen atoms in total. The number of aromatic amines is 1. The number of rotatable bonds is 5. The smallest absolute Gasteiger partial charge is 0.128 e. The number of hydrogen-bond acceptors (Lipinski definition) is 7. The molecule has 1 atom stereocenters. The summed E-state index contributed by atoms with van der Waals surface area (Å²) in [6, 6.07) is 12.2. The number of benzene rings is 1. The Morgan fingerprint density at radius 2 is 1.94 bits per heavy atom. The summed E-state index contributed by atoms with van der Waals surface area (Å²) in [6.07, 6.45) is 5.35. The molecule has 1 aliphatic rings. The van der Waals surface area contributed by atoms with Gasteiger partial charge >= 0.3 is 0 Å². The van der Waals surface area contributed by atoms with Gasteiger partial charge in [-0.2, -0.15) is 5.10 Å². The SMILES string of the molecule is CC(Nc1ccc(N2CCOCC2)nc1)c1[nH]nc2ccc(-c3cncc(N)c3)cc12. The Bertz CT molecular complexity index is 1180. The van der Waals surface area contributed by atoms with E-state index in [4.69, 9.17) is 10.5 Å². The molecule has 0 spiro atoms. The van der Waals surface area contributed by atoms with E-state index in [9.17, 15) is 0 Å². The highest BCUT2D eigenvalue weighted by molar-refractivity contribution is 5.87. The average Bonchev–Trinajstić information content (AvgIpc) is 3.24. The zero-order valence-electron chi connectivity index (χ0n) is 17.4. The van der Waals surface area contributed by atoms with Crippen molar-refractivity contribution >= 4 is 28.1 Å². The minimum atomic E-state index is 0.0234. The van der Waals surface area contributed by atoms with E-state index in [0.29, 0.717) is 5.69 Å². The first-order valence-corrected chi connectivity index (χ1v) is 10.4. The van der Waals surface area contributed by atoms with E-state index >= 15 is 0 Å². The van der Waals surface area contributed by atoms with Crippen LogP contribution in [0.1, 0.15) is 18.7 Å². The zero-order valence-corrected chi connectivity index (χ0v) is 17.4. The highest BCUT2D eigenvalue weighted by Crippen LogP contribution is 2.29. The molecule has 1 aromatic carbocycles.